The van der Waals surface area contributed by atoms with Gasteiger partial charge in [-0.2, -0.15) is 0 Å². The highest BCUT2D eigenvalue weighted by atomic mass is 16.5. The lowest BCUT2D eigenvalue weighted by atomic mass is 9.92. The number of rotatable bonds is 6. The molecule has 0 aromatic heterocycles. The van der Waals surface area contributed by atoms with E-state index in [1.54, 1.807) is 45.4 Å². The van der Waals surface area contributed by atoms with Crippen LogP contribution in [0.5, 0.6) is 11.5 Å². The van der Waals surface area contributed by atoms with Crippen molar-refractivity contribution >= 4 is 5.97 Å². The maximum Gasteiger partial charge on any atom is 0.330 e. The molecule has 2 atom stereocenters. The van der Waals surface area contributed by atoms with Crippen LogP contribution in [-0.4, -0.2) is 38.5 Å². The normalized spacial score (nSPS) is 13.8. The summed E-state index contributed by atoms with van der Waals surface area (Å²) in [7, 11) is 4.41. The molecule has 5 heteroatoms. The number of carbonyl (C=O) groups excluding carboxylic acids is 1. The Hall–Kier alpha value is -2.01. The van der Waals surface area contributed by atoms with Gasteiger partial charge in [0, 0.05) is 23.6 Å². The number of aliphatic hydroxyl groups is 1. The van der Waals surface area contributed by atoms with E-state index in [1.165, 1.54) is 13.2 Å². The Bertz CT molecular complexity index is 479. The molecule has 0 bridgehead atoms. The number of esters is 1. The van der Waals surface area contributed by atoms with Crippen molar-refractivity contribution in [2.75, 3.05) is 21.3 Å². The molecule has 1 aromatic rings. The number of methoxy groups -OCH3 is 3. The van der Waals surface area contributed by atoms with E-state index >= 15 is 0 Å². The molecule has 110 valence electrons. The van der Waals surface area contributed by atoms with Crippen molar-refractivity contribution in [1.82, 2.24) is 0 Å². The fourth-order valence-electron chi connectivity index (χ4n) is 1.87. The van der Waals surface area contributed by atoms with Crippen LogP contribution in [0, 0.1) is 0 Å². The number of hydrogen-bond acceptors (Lipinski definition) is 5. The summed E-state index contributed by atoms with van der Waals surface area (Å²) in [5.74, 6) is 0.398. The summed E-state index contributed by atoms with van der Waals surface area (Å²) in [6.45, 7) is 1.65. The van der Waals surface area contributed by atoms with Gasteiger partial charge in [0.2, 0.25) is 0 Å². The highest BCUT2D eigenvalue weighted by Crippen LogP contribution is 2.33. The molecule has 1 N–H and O–H groups in total. The minimum absolute atomic E-state index is 0.380. The molecule has 0 aliphatic carbocycles. The third kappa shape index (κ3) is 3.99. The quantitative estimate of drug-likeness (QED) is 0.637. The molecule has 0 aliphatic heterocycles. The monoisotopic (exact) mass is 280 g/mol. The van der Waals surface area contributed by atoms with Crippen LogP contribution in [-0.2, 0) is 9.53 Å². The topological polar surface area (TPSA) is 65.0 Å². The molecule has 1 rings (SSSR count). The lowest BCUT2D eigenvalue weighted by Crippen LogP contribution is -2.14. The first-order valence-corrected chi connectivity index (χ1v) is 6.19. The van der Waals surface area contributed by atoms with Crippen LogP contribution in [0.15, 0.2) is 30.4 Å². The fourth-order valence-corrected chi connectivity index (χ4v) is 1.87. The van der Waals surface area contributed by atoms with Crippen LogP contribution >= 0.6 is 0 Å². The van der Waals surface area contributed by atoms with Crippen LogP contribution in [0.4, 0.5) is 0 Å². The van der Waals surface area contributed by atoms with E-state index in [-0.39, 0.29) is 5.92 Å². The highest BCUT2D eigenvalue weighted by Gasteiger charge is 2.19. The molecule has 0 radical (unpaired) electrons. The fraction of sp³-hybridized carbons (Fsp3) is 0.400. The van der Waals surface area contributed by atoms with Gasteiger partial charge < -0.3 is 19.3 Å². The largest absolute Gasteiger partial charge is 0.497 e. The van der Waals surface area contributed by atoms with E-state index in [4.69, 9.17) is 9.47 Å². The molecule has 0 saturated carbocycles. The Morgan fingerprint density at radius 3 is 2.45 bits per heavy atom. The van der Waals surface area contributed by atoms with Crippen molar-refractivity contribution in [2.24, 2.45) is 0 Å². The molecular formula is C15H20O5. The molecule has 0 unspecified atom stereocenters. The summed E-state index contributed by atoms with van der Waals surface area (Å²) in [5, 5.41) is 9.91. The Kier molecular flexibility index (Phi) is 6.06. The minimum Gasteiger partial charge on any atom is -0.497 e. The summed E-state index contributed by atoms with van der Waals surface area (Å²) in [4.78, 5) is 11.2. The third-order valence-corrected chi connectivity index (χ3v) is 2.96. The Morgan fingerprint density at radius 1 is 1.25 bits per heavy atom. The van der Waals surface area contributed by atoms with Crippen LogP contribution in [0.1, 0.15) is 18.4 Å². The van der Waals surface area contributed by atoms with Crippen LogP contribution in [0.3, 0.4) is 0 Å². The Balaban J connectivity index is 3.14. The van der Waals surface area contributed by atoms with E-state index in [0.29, 0.717) is 11.5 Å². The van der Waals surface area contributed by atoms with Crippen molar-refractivity contribution in [1.29, 1.82) is 0 Å². The standard InChI is InChI=1S/C15H20O5/c1-10(16)12(7-8-15(17)20-4)13-6-5-11(18-2)9-14(13)19-3/h5-10,12,16H,1-4H3/b8-7+/t10-,12+/m1/s1. The Morgan fingerprint density at radius 2 is 1.95 bits per heavy atom. The van der Waals surface area contributed by atoms with E-state index < -0.39 is 12.1 Å². The second-order valence-corrected chi connectivity index (χ2v) is 4.26. The van der Waals surface area contributed by atoms with Gasteiger partial charge in [0.1, 0.15) is 11.5 Å². The average Bonchev–Trinajstić information content (AvgIpc) is 2.46. The molecule has 0 aliphatic rings. The number of carbonyl (C=O) groups is 1. The second kappa shape index (κ2) is 7.55. The first-order chi connectivity index (χ1) is 9.53. The highest BCUT2D eigenvalue weighted by molar-refractivity contribution is 5.82. The van der Waals surface area contributed by atoms with E-state index in [9.17, 15) is 9.90 Å². The van der Waals surface area contributed by atoms with Gasteiger partial charge in [-0.05, 0) is 13.0 Å². The van der Waals surface area contributed by atoms with Crippen LogP contribution in [0.25, 0.3) is 0 Å². The SMILES string of the molecule is COC(=O)/C=C/[C@H](c1ccc(OC)cc1OC)[C@@H](C)O. The zero-order valence-electron chi connectivity index (χ0n) is 12.1. The van der Waals surface area contributed by atoms with Gasteiger partial charge in [-0.1, -0.05) is 12.1 Å². The van der Waals surface area contributed by atoms with Crippen molar-refractivity contribution in [3.05, 3.63) is 35.9 Å². The van der Waals surface area contributed by atoms with Crippen molar-refractivity contribution in [3.8, 4) is 11.5 Å². The van der Waals surface area contributed by atoms with Gasteiger partial charge in [-0.25, -0.2) is 4.79 Å². The molecular weight excluding hydrogens is 260 g/mol. The Labute approximate surface area is 118 Å². The van der Waals surface area contributed by atoms with Gasteiger partial charge in [-0.15, -0.1) is 0 Å². The lowest BCUT2D eigenvalue weighted by molar-refractivity contribution is -0.134. The number of hydrogen-bond donors (Lipinski definition) is 1. The van der Waals surface area contributed by atoms with Crippen LogP contribution < -0.4 is 9.47 Å². The molecule has 1 aromatic carbocycles. The first-order valence-electron chi connectivity index (χ1n) is 6.19. The maximum absolute atomic E-state index is 11.2. The van der Waals surface area contributed by atoms with Crippen molar-refractivity contribution in [3.63, 3.8) is 0 Å². The smallest absolute Gasteiger partial charge is 0.330 e. The zero-order chi connectivity index (χ0) is 15.1. The molecule has 0 heterocycles. The third-order valence-electron chi connectivity index (χ3n) is 2.96. The average molecular weight is 280 g/mol. The van der Waals surface area contributed by atoms with Gasteiger partial charge in [0.25, 0.3) is 0 Å². The molecule has 0 spiro atoms. The van der Waals surface area contributed by atoms with E-state index in [0.717, 1.165) is 5.56 Å². The minimum atomic E-state index is -0.682. The summed E-state index contributed by atoms with van der Waals surface area (Å²) >= 11 is 0. The van der Waals surface area contributed by atoms with Gasteiger partial charge in [0.05, 0.1) is 27.4 Å². The molecule has 0 fully saturated rings. The van der Waals surface area contributed by atoms with Gasteiger partial charge in [-0.3, -0.25) is 0 Å². The van der Waals surface area contributed by atoms with E-state index in [2.05, 4.69) is 4.74 Å². The van der Waals surface area contributed by atoms with Crippen LogP contribution in [0.2, 0.25) is 0 Å². The summed E-state index contributed by atoms with van der Waals surface area (Å²) in [5.41, 5.74) is 0.767. The predicted octanol–water partition coefficient (Wildman–Crippen LogP) is 1.90. The molecule has 20 heavy (non-hydrogen) atoms. The zero-order valence-corrected chi connectivity index (χ0v) is 12.1. The molecule has 5 nitrogen and oxygen atoms in total. The molecule has 0 amide bonds. The molecule has 0 saturated heterocycles. The second-order valence-electron chi connectivity index (χ2n) is 4.26. The summed E-state index contributed by atoms with van der Waals surface area (Å²) < 4.78 is 15.0. The summed E-state index contributed by atoms with van der Waals surface area (Å²) in [6.07, 6.45) is 2.21. The summed E-state index contributed by atoms with van der Waals surface area (Å²) in [6, 6.07) is 5.31. The van der Waals surface area contributed by atoms with Crippen molar-refractivity contribution in [2.45, 2.75) is 18.9 Å². The number of benzene rings is 1. The lowest BCUT2D eigenvalue weighted by Gasteiger charge is -2.19. The van der Waals surface area contributed by atoms with Gasteiger partial charge in [0.15, 0.2) is 0 Å². The maximum atomic E-state index is 11.2. The number of aliphatic hydroxyl groups excluding tert-OH is 1. The predicted molar refractivity (Wildman–Crippen MR) is 75.1 cm³/mol. The van der Waals surface area contributed by atoms with E-state index in [1.807, 2.05) is 0 Å². The van der Waals surface area contributed by atoms with Crippen molar-refractivity contribution < 1.29 is 24.1 Å². The first kappa shape index (κ1) is 16.0. The number of ether oxygens (including phenoxy) is 3. The van der Waals surface area contributed by atoms with Gasteiger partial charge >= 0.3 is 5.97 Å².